The number of hydrogen-bond donors (Lipinski definition) is 2. The van der Waals surface area contributed by atoms with Crippen LogP contribution in [0.25, 0.3) is 0 Å². The molecule has 0 radical (unpaired) electrons. The molecular formula is C12H19N3O3. The molecule has 18 heavy (non-hydrogen) atoms. The number of methoxy groups -OCH3 is 1. The Morgan fingerprint density at radius 1 is 1.56 bits per heavy atom. The van der Waals surface area contributed by atoms with Crippen molar-refractivity contribution in [1.82, 2.24) is 9.88 Å². The van der Waals surface area contributed by atoms with Gasteiger partial charge in [0.2, 0.25) is 5.91 Å². The molecule has 0 bridgehead atoms. The third-order valence-electron chi connectivity index (χ3n) is 2.55. The van der Waals surface area contributed by atoms with E-state index in [1.807, 2.05) is 6.92 Å². The Morgan fingerprint density at radius 3 is 2.89 bits per heavy atom. The maximum atomic E-state index is 11.8. The zero-order chi connectivity index (χ0) is 13.5. The lowest BCUT2D eigenvalue weighted by Crippen LogP contribution is -2.40. The summed E-state index contributed by atoms with van der Waals surface area (Å²) in [5, 5.41) is 2.80. The molecule has 6 nitrogen and oxygen atoms in total. The molecule has 0 aliphatic heterocycles. The fourth-order valence-corrected chi connectivity index (χ4v) is 1.56. The van der Waals surface area contributed by atoms with Gasteiger partial charge in [0.05, 0.1) is 12.6 Å². The standard InChI is InChI=1S/C12H19N3O3/c1-3-10(8-18-2)14-11(16)7-15-6-9(13)4-5-12(15)17/h4-6,10H,3,7-8,13H2,1-2H3,(H,14,16). The van der Waals surface area contributed by atoms with Crippen LogP contribution in [-0.2, 0) is 16.1 Å². The van der Waals surface area contributed by atoms with Gasteiger partial charge in [0.15, 0.2) is 0 Å². The molecule has 0 aromatic carbocycles. The summed E-state index contributed by atoms with van der Waals surface area (Å²) in [6.45, 7) is 2.37. The summed E-state index contributed by atoms with van der Waals surface area (Å²) in [5.74, 6) is -0.230. The maximum absolute atomic E-state index is 11.8. The second-order valence-corrected chi connectivity index (χ2v) is 4.06. The van der Waals surface area contributed by atoms with E-state index in [0.29, 0.717) is 12.3 Å². The molecule has 1 unspecified atom stereocenters. The van der Waals surface area contributed by atoms with Crippen LogP contribution >= 0.6 is 0 Å². The van der Waals surface area contributed by atoms with Crippen molar-refractivity contribution in [3.8, 4) is 0 Å². The number of nitrogens with zero attached hydrogens (tertiary/aromatic N) is 1. The Labute approximate surface area is 106 Å². The van der Waals surface area contributed by atoms with Crippen molar-refractivity contribution in [3.05, 3.63) is 28.7 Å². The highest BCUT2D eigenvalue weighted by atomic mass is 16.5. The van der Waals surface area contributed by atoms with E-state index in [9.17, 15) is 9.59 Å². The highest BCUT2D eigenvalue weighted by Gasteiger charge is 2.11. The predicted molar refractivity (Wildman–Crippen MR) is 69.2 cm³/mol. The molecule has 0 fully saturated rings. The minimum absolute atomic E-state index is 0.0376. The third kappa shape index (κ3) is 4.21. The third-order valence-corrected chi connectivity index (χ3v) is 2.55. The molecule has 0 saturated heterocycles. The van der Waals surface area contributed by atoms with Gasteiger partial charge in [-0.15, -0.1) is 0 Å². The van der Waals surface area contributed by atoms with Crippen molar-refractivity contribution in [2.45, 2.75) is 25.9 Å². The van der Waals surface area contributed by atoms with E-state index in [-0.39, 0.29) is 24.1 Å². The Balaban J connectivity index is 2.64. The smallest absolute Gasteiger partial charge is 0.251 e. The average Bonchev–Trinajstić information content (AvgIpc) is 2.33. The lowest BCUT2D eigenvalue weighted by atomic mass is 10.2. The van der Waals surface area contributed by atoms with Crippen LogP contribution < -0.4 is 16.6 Å². The Bertz CT molecular complexity index is 456. The number of carbonyl (C=O) groups is 1. The number of pyridine rings is 1. The molecule has 1 atom stereocenters. The zero-order valence-corrected chi connectivity index (χ0v) is 10.7. The number of amides is 1. The van der Waals surface area contributed by atoms with Gasteiger partial charge >= 0.3 is 0 Å². The lowest BCUT2D eigenvalue weighted by Gasteiger charge is -2.16. The van der Waals surface area contributed by atoms with Gasteiger partial charge in [-0.05, 0) is 12.5 Å². The van der Waals surface area contributed by atoms with Gasteiger partial charge in [0, 0.05) is 25.1 Å². The van der Waals surface area contributed by atoms with E-state index >= 15 is 0 Å². The number of carbonyl (C=O) groups excluding carboxylic acids is 1. The maximum Gasteiger partial charge on any atom is 0.251 e. The van der Waals surface area contributed by atoms with Gasteiger partial charge in [-0.1, -0.05) is 6.92 Å². The van der Waals surface area contributed by atoms with E-state index in [1.54, 1.807) is 7.11 Å². The summed E-state index contributed by atoms with van der Waals surface area (Å²) in [7, 11) is 1.58. The first-order chi connectivity index (χ1) is 8.56. The van der Waals surface area contributed by atoms with Crippen LogP contribution in [0.5, 0.6) is 0 Å². The Morgan fingerprint density at radius 2 is 2.28 bits per heavy atom. The number of nitrogens with one attached hydrogen (secondary N) is 1. The van der Waals surface area contributed by atoms with Crippen LogP contribution in [0.4, 0.5) is 5.69 Å². The van der Waals surface area contributed by atoms with Gasteiger partial charge in [0.25, 0.3) is 5.56 Å². The minimum Gasteiger partial charge on any atom is -0.398 e. The summed E-state index contributed by atoms with van der Waals surface area (Å²) < 4.78 is 6.27. The summed E-state index contributed by atoms with van der Waals surface area (Å²) in [5.41, 5.74) is 5.77. The molecule has 1 aromatic rings. The number of ether oxygens (including phenoxy) is 1. The average molecular weight is 253 g/mol. The number of hydrogen-bond acceptors (Lipinski definition) is 4. The molecule has 0 saturated carbocycles. The highest BCUT2D eigenvalue weighted by Crippen LogP contribution is 1.96. The Kier molecular flexibility index (Phi) is 5.38. The molecule has 0 aliphatic rings. The van der Waals surface area contributed by atoms with Crippen LogP contribution in [0.15, 0.2) is 23.1 Å². The number of rotatable bonds is 6. The van der Waals surface area contributed by atoms with Crippen molar-refractivity contribution in [2.75, 3.05) is 19.5 Å². The van der Waals surface area contributed by atoms with Crippen LogP contribution in [0, 0.1) is 0 Å². The van der Waals surface area contributed by atoms with Gasteiger partial charge in [-0.2, -0.15) is 0 Å². The molecule has 0 spiro atoms. The number of aromatic nitrogens is 1. The van der Waals surface area contributed by atoms with Crippen molar-refractivity contribution >= 4 is 11.6 Å². The molecule has 3 N–H and O–H groups in total. The predicted octanol–water partition coefficient (Wildman–Crippen LogP) is -0.0283. The van der Waals surface area contributed by atoms with Crippen LogP contribution in [0.2, 0.25) is 0 Å². The lowest BCUT2D eigenvalue weighted by molar-refractivity contribution is -0.122. The van der Waals surface area contributed by atoms with Crippen molar-refractivity contribution in [3.63, 3.8) is 0 Å². The van der Waals surface area contributed by atoms with E-state index in [0.717, 1.165) is 6.42 Å². The minimum atomic E-state index is -0.251. The van der Waals surface area contributed by atoms with Crippen LogP contribution in [0.1, 0.15) is 13.3 Å². The fourth-order valence-electron chi connectivity index (χ4n) is 1.56. The van der Waals surface area contributed by atoms with Gasteiger partial charge < -0.3 is 20.4 Å². The first-order valence-electron chi connectivity index (χ1n) is 5.81. The fraction of sp³-hybridized carbons (Fsp3) is 0.500. The van der Waals surface area contributed by atoms with Crippen LogP contribution in [-0.4, -0.2) is 30.2 Å². The summed E-state index contributed by atoms with van der Waals surface area (Å²) in [4.78, 5) is 23.2. The van der Waals surface area contributed by atoms with Gasteiger partial charge in [0.1, 0.15) is 6.54 Å². The van der Waals surface area contributed by atoms with Crippen LogP contribution in [0.3, 0.4) is 0 Å². The molecule has 1 rings (SSSR count). The normalized spacial score (nSPS) is 12.1. The highest BCUT2D eigenvalue weighted by molar-refractivity contribution is 5.76. The first kappa shape index (κ1) is 14.2. The van der Waals surface area contributed by atoms with E-state index < -0.39 is 0 Å². The van der Waals surface area contributed by atoms with Crippen molar-refractivity contribution in [2.24, 2.45) is 0 Å². The number of anilines is 1. The second-order valence-electron chi connectivity index (χ2n) is 4.06. The van der Waals surface area contributed by atoms with E-state index in [4.69, 9.17) is 10.5 Å². The second kappa shape index (κ2) is 6.80. The van der Waals surface area contributed by atoms with Crippen molar-refractivity contribution in [1.29, 1.82) is 0 Å². The molecular weight excluding hydrogens is 234 g/mol. The molecule has 100 valence electrons. The number of nitrogens with two attached hydrogens (primary N) is 1. The van der Waals surface area contributed by atoms with Gasteiger partial charge in [-0.3, -0.25) is 9.59 Å². The first-order valence-corrected chi connectivity index (χ1v) is 5.81. The summed E-state index contributed by atoms with van der Waals surface area (Å²) in [6, 6.07) is 2.81. The molecule has 1 aromatic heterocycles. The van der Waals surface area contributed by atoms with Gasteiger partial charge in [-0.25, -0.2) is 0 Å². The van der Waals surface area contributed by atoms with E-state index in [1.165, 1.54) is 22.9 Å². The number of nitrogen functional groups attached to an aromatic ring is 1. The topological polar surface area (TPSA) is 86.3 Å². The largest absolute Gasteiger partial charge is 0.398 e. The monoisotopic (exact) mass is 253 g/mol. The molecule has 1 amide bonds. The van der Waals surface area contributed by atoms with Crippen molar-refractivity contribution < 1.29 is 9.53 Å². The SMILES string of the molecule is CCC(COC)NC(=O)Cn1cc(N)ccc1=O. The van der Waals surface area contributed by atoms with E-state index in [2.05, 4.69) is 5.32 Å². The Hall–Kier alpha value is -1.82. The summed E-state index contributed by atoms with van der Waals surface area (Å²) in [6.07, 6.45) is 2.23. The molecule has 1 heterocycles. The summed E-state index contributed by atoms with van der Waals surface area (Å²) >= 11 is 0. The molecule has 0 aliphatic carbocycles. The molecule has 6 heteroatoms. The quantitative estimate of drug-likeness (QED) is 0.745. The zero-order valence-electron chi connectivity index (χ0n) is 10.7.